The highest BCUT2D eigenvalue weighted by Crippen LogP contribution is 2.08. The second kappa shape index (κ2) is 11.6. The van der Waals surface area contributed by atoms with Crippen LogP contribution in [0.3, 0.4) is 0 Å². The summed E-state index contributed by atoms with van der Waals surface area (Å²) < 4.78 is 18.1. The summed E-state index contributed by atoms with van der Waals surface area (Å²) in [5.74, 6) is -1.38. The van der Waals surface area contributed by atoms with Gasteiger partial charge in [0.05, 0.1) is 5.56 Å². The highest BCUT2D eigenvalue weighted by atomic mass is 35.5. The first-order valence-corrected chi connectivity index (χ1v) is 8.39. The number of nitrogens with zero attached hydrogens (tertiary/aromatic N) is 1. The van der Waals surface area contributed by atoms with Gasteiger partial charge in [-0.1, -0.05) is 24.8 Å². The van der Waals surface area contributed by atoms with E-state index in [0.29, 0.717) is 17.7 Å². The van der Waals surface area contributed by atoms with Gasteiger partial charge in [0.15, 0.2) is 6.61 Å². The van der Waals surface area contributed by atoms with E-state index in [1.807, 2.05) is 6.92 Å². The maximum Gasteiger partial charge on any atom is 0.257 e. The molecule has 0 aliphatic rings. The molecule has 1 heterocycles. The van der Waals surface area contributed by atoms with Crippen LogP contribution >= 0.6 is 11.6 Å². The average Bonchev–Trinajstić information content (AvgIpc) is 2.64. The quantitative estimate of drug-likeness (QED) is 0.472. The Morgan fingerprint density at radius 2 is 2.15 bits per heavy atom. The van der Waals surface area contributed by atoms with Gasteiger partial charge in [0.2, 0.25) is 0 Å². The number of hydrogen-bond acceptors (Lipinski definition) is 4. The molecule has 0 aliphatic heterocycles. The van der Waals surface area contributed by atoms with Gasteiger partial charge in [0.1, 0.15) is 11.6 Å². The van der Waals surface area contributed by atoms with E-state index < -0.39 is 11.7 Å². The lowest BCUT2D eigenvalue weighted by Gasteiger charge is -2.10. The third kappa shape index (κ3) is 8.82. The normalized spacial score (nSPS) is 11.5. The molecule has 0 fully saturated rings. The molecule has 2 amide bonds. The Kier molecular flexibility index (Phi) is 9.53. The summed E-state index contributed by atoms with van der Waals surface area (Å²) in [5.41, 5.74) is 2.48. The molecular weight excluding hydrogens is 373 g/mol. The van der Waals surface area contributed by atoms with E-state index in [0.717, 1.165) is 17.2 Å². The highest BCUT2D eigenvalue weighted by molar-refractivity contribution is 6.25. The van der Waals surface area contributed by atoms with Gasteiger partial charge in [-0.05, 0) is 24.6 Å². The van der Waals surface area contributed by atoms with Crippen LogP contribution in [0.2, 0.25) is 0 Å². The highest BCUT2D eigenvalue weighted by Gasteiger charge is 2.08. The Labute approximate surface area is 162 Å². The summed E-state index contributed by atoms with van der Waals surface area (Å²) >= 11 is 5.20. The number of ether oxygens (including phenoxy) is 1. The number of aromatic nitrogens is 1. The van der Waals surface area contributed by atoms with Crippen molar-refractivity contribution in [1.82, 2.24) is 15.6 Å². The molecule has 0 spiro atoms. The Morgan fingerprint density at radius 3 is 2.78 bits per heavy atom. The van der Waals surface area contributed by atoms with Crippen molar-refractivity contribution < 1.29 is 18.7 Å². The third-order valence-electron chi connectivity index (χ3n) is 3.13. The fourth-order valence-corrected chi connectivity index (χ4v) is 1.92. The Bertz CT molecular complexity index is 775. The number of carbonyl (C=O) groups excluding carboxylic acids is 2. The molecule has 0 atom stereocenters. The average molecular weight is 394 g/mol. The van der Waals surface area contributed by atoms with Crippen molar-refractivity contribution in [2.75, 3.05) is 13.2 Å². The van der Waals surface area contributed by atoms with E-state index in [4.69, 9.17) is 16.3 Å². The molecule has 27 heavy (non-hydrogen) atoms. The second-order valence-electron chi connectivity index (χ2n) is 5.44. The molecular formula is C19H21ClFN3O3. The molecule has 0 bridgehead atoms. The molecule has 0 saturated carbocycles. The van der Waals surface area contributed by atoms with E-state index in [2.05, 4.69) is 28.8 Å². The van der Waals surface area contributed by atoms with Crippen molar-refractivity contribution in [2.24, 2.45) is 0 Å². The minimum absolute atomic E-state index is 0.0722. The van der Waals surface area contributed by atoms with Crippen molar-refractivity contribution in [3.63, 3.8) is 0 Å². The van der Waals surface area contributed by atoms with Crippen LogP contribution in [0.4, 0.5) is 4.39 Å². The molecule has 1 aromatic rings. The van der Waals surface area contributed by atoms with Crippen molar-refractivity contribution in [3.05, 3.63) is 77.7 Å². The number of halogens is 2. The zero-order chi connectivity index (χ0) is 20.2. The number of nitrogens with one attached hydrogen (secondary N) is 2. The topological polar surface area (TPSA) is 80.3 Å². The van der Waals surface area contributed by atoms with Crippen LogP contribution in [0.25, 0.3) is 0 Å². The number of aryl methyl sites for hydroxylation is 1. The number of allylic oxidation sites excluding steroid dienone is 3. The summed E-state index contributed by atoms with van der Waals surface area (Å²) in [4.78, 5) is 27.7. The van der Waals surface area contributed by atoms with Crippen LogP contribution in [-0.2, 0) is 9.53 Å². The van der Waals surface area contributed by atoms with Crippen LogP contribution in [0.5, 0.6) is 0 Å². The summed E-state index contributed by atoms with van der Waals surface area (Å²) in [6.45, 7) is 8.97. The maximum atomic E-state index is 13.0. The SMILES string of the molecule is C=C/C(=C\C(F)=C\Cl)OCC(=O)NCCC(=C)NC(=O)c1cncc(C)c1. The van der Waals surface area contributed by atoms with Crippen molar-refractivity contribution in [2.45, 2.75) is 13.3 Å². The second-order valence-corrected chi connectivity index (χ2v) is 5.66. The van der Waals surface area contributed by atoms with Crippen LogP contribution in [-0.4, -0.2) is 29.9 Å². The molecule has 1 aromatic heterocycles. The monoisotopic (exact) mass is 393 g/mol. The van der Waals surface area contributed by atoms with Crippen LogP contribution < -0.4 is 10.6 Å². The van der Waals surface area contributed by atoms with E-state index in [9.17, 15) is 14.0 Å². The smallest absolute Gasteiger partial charge is 0.257 e. The molecule has 2 N–H and O–H groups in total. The van der Waals surface area contributed by atoms with Gasteiger partial charge in [0.25, 0.3) is 11.8 Å². The van der Waals surface area contributed by atoms with E-state index in [1.165, 1.54) is 12.3 Å². The van der Waals surface area contributed by atoms with Gasteiger partial charge in [-0.25, -0.2) is 4.39 Å². The summed E-state index contributed by atoms with van der Waals surface area (Å²) in [7, 11) is 0. The molecule has 0 aromatic carbocycles. The Morgan fingerprint density at radius 1 is 1.41 bits per heavy atom. The lowest BCUT2D eigenvalue weighted by Crippen LogP contribution is -2.30. The number of hydrogen-bond donors (Lipinski definition) is 2. The van der Waals surface area contributed by atoms with Crippen molar-refractivity contribution in [3.8, 4) is 0 Å². The first kappa shape index (κ1) is 22.1. The fourth-order valence-electron chi connectivity index (χ4n) is 1.85. The molecule has 1 rings (SSSR count). The molecule has 0 unspecified atom stereocenters. The number of pyridine rings is 1. The predicted molar refractivity (Wildman–Crippen MR) is 102 cm³/mol. The van der Waals surface area contributed by atoms with Gasteiger partial charge >= 0.3 is 0 Å². The molecule has 144 valence electrons. The van der Waals surface area contributed by atoms with Gasteiger partial charge in [-0.15, -0.1) is 0 Å². The van der Waals surface area contributed by atoms with Crippen molar-refractivity contribution in [1.29, 1.82) is 0 Å². The third-order valence-corrected chi connectivity index (χ3v) is 3.34. The standard InChI is InChI=1S/C19H21ClFN3O3/c1-4-17(8-16(21)9-20)27-12-18(25)23-6-5-14(3)24-19(26)15-7-13(2)10-22-11-15/h4,7-11H,1,3,5-6,12H2,2H3,(H,23,25)(H,24,26)/b16-9-,17-8+. The predicted octanol–water partition coefficient (Wildman–Crippen LogP) is 3.28. The Hall–Kier alpha value is -2.93. The Balaban J connectivity index is 2.34. The zero-order valence-corrected chi connectivity index (χ0v) is 15.7. The van der Waals surface area contributed by atoms with Gasteiger partial charge in [-0.2, -0.15) is 0 Å². The van der Waals surface area contributed by atoms with Crippen molar-refractivity contribution >= 4 is 23.4 Å². The molecule has 0 aliphatic carbocycles. The lowest BCUT2D eigenvalue weighted by atomic mass is 10.2. The lowest BCUT2D eigenvalue weighted by molar-refractivity contribution is -0.124. The fraction of sp³-hybridized carbons (Fsp3) is 0.211. The number of carbonyl (C=O) groups is 2. The van der Waals surface area contributed by atoms with Crippen LogP contribution in [0.1, 0.15) is 22.3 Å². The van der Waals surface area contributed by atoms with Crippen LogP contribution in [0, 0.1) is 6.92 Å². The number of rotatable bonds is 10. The van der Waals surface area contributed by atoms with E-state index in [-0.39, 0.29) is 24.8 Å². The maximum absolute atomic E-state index is 13.0. The van der Waals surface area contributed by atoms with Gasteiger partial charge in [-0.3, -0.25) is 14.6 Å². The molecule has 0 radical (unpaired) electrons. The van der Waals surface area contributed by atoms with Crippen LogP contribution in [0.15, 0.2) is 66.6 Å². The minimum Gasteiger partial charge on any atom is -0.484 e. The first-order valence-electron chi connectivity index (χ1n) is 7.96. The van der Waals surface area contributed by atoms with Gasteiger partial charge in [0, 0.05) is 42.7 Å². The van der Waals surface area contributed by atoms with Gasteiger partial charge < -0.3 is 15.4 Å². The minimum atomic E-state index is -0.720. The van der Waals surface area contributed by atoms with E-state index in [1.54, 1.807) is 12.3 Å². The molecule has 0 saturated heterocycles. The summed E-state index contributed by atoms with van der Waals surface area (Å²) in [6, 6.07) is 1.71. The molecule has 6 nitrogen and oxygen atoms in total. The summed E-state index contributed by atoms with van der Waals surface area (Å²) in [6.07, 6.45) is 5.71. The molecule has 8 heteroatoms. The zero-order valence-electron chi connectivity index (χ0n) is 14.9. The summed E-state index contributed by atoms with van der Waals surface area (Å²) in [5, 5.41) is 5.24. The van der Waals surface area contributed by atoms with E-state index >= 15 is 0 Å². The largest absolute Gasteiger partial charge is 0.484 e. The first-order chi connectivity index (χ1) is 12.8. The number of amides is 2.